The molecule has 1 amide bonds. The molecule has 1 aliphatic heterocycles. The molecular weight excluding hydrogens is 320 g/mol. The van der Waals surface area contributed by atoms with Gasteiger partial charge in [0.15, 0.2) is 11.5 Å². The van der Waals surface area contributed by atoms with E-state index in [4.69, 9.17) is 14.2 Å². The largest absolute Gasteiger partial charge is 0.496 e. The van der Waals surface area contributed by atoms with Crippen LogP contribution in [0.1, 0.15) is 25.5 Å². The van der Waals surface area contributed by atoms with Crippen LogP contribution in [0.25, 0.3) is 0 Å². The number of benzene rings is 2. The molecule has 1 aliphatic rings. The predicted octanol–water partition coefficient (Wildman–Crippen LogP) is 3.10. The molecule has 6 nitrogen and oxygen atoms in total. The van der Waals surface area contributed by atoms with Crippen molar-refractivity contribution in [1.29, 1.82) is 0 Å². The van der Waals surface area contributed by atoms with Crippen molar-refractivity contribution in [3.63, 3.8) is 0 Å². The van der Waals surface area contributed by atoms with E-state index in [-0.39, 0.29) is 24.8 Å². The molecule has 0 saturated heterocycles. The molecule has 0 unspecified atom stereocenters. The fraction of sp³-hybridized carbons (Fsp3) is 0.316. The first-order valence-electron chi connectivity index (χ1n) is 8.18. The minimum atomic E-state index is -0.384. The minimum absolute atomic E-state index is 0.0337. The van der Waals surface area contributed by atoms with Crippen LogP contribution < -0.4 is 24.8 Å². The standard InChI is InChI=1S/C19H22N2O4/c1-12(15-6-4-5-7-16(15)23-3)20-13(2)19(22)21-14-8-9-17-18(10-14)25-11-24-17/h4-10,12-13,20H,11H2,1-3H3,(H,21,22)/t12-,13-/m0/s1. The van der Waals surface area contributed by atoms with Gasteiger partial charge in [-0.3, -0.25) is 10.1 Å². The Kier molecular flexibility index (Phi) is 5.09. The Morgan fingerprint density at radius 2 is 1.88 bits per heavy atom. The average Bonchev–Trinajstić information content (AvgIpc) is 3.09. The summed E-state index contributed by atoms with van der Waals surface area (Å²) in [5.41, 5.74) is 1.68. The quantitative estimate of drug-likeness (QED) is 0.844. The van der Waals surface area contributed by atoms with Crippen LogP contribution in [0.2, 0.25) is 0 Å². The summed E-state index contributed by atoms with van der Waals surface area (Å²) in [6.07, 6.45) is 0. The number of carbonyl (C=O) groups is 1. The van der Waals surface area contributed by atoms with E-state index in [0.717, 1.165) is 11.3 Å². The maximum Gasteiger partial charge on any atom is 0.241 e. The molecule has 2 N–H and O–H groups in total. The number of rotatable bonds is 6. The lowest BCUT2D eigenvalue weighted by molar-refractivity contribution is -0.117. The third-order valence-corrected chi connectivity index (χ3v) is 4.14. The van der Waals surface area contributed by atoms with Gasteiger partial charge in [-0.05, 0) is 32.0 Å². The van der Waals surface area contributed by atoms with E-state index < -0.39 is 0 Å². The molecule has 0 bridgehead atoms. The fourth-order valence-electron chi connectivity index (χ4n) is 2.79. The number of nitrogens with one attached hydrogen (secondary N) is 2. The number of ether oxygens (including phenoxy) is 3. The van der Waals surface area contributed by atoms with Gasteiger partial charge >= 0.3 is 0 Å². The third kappa shape index (κ3) is 3.85. The summed E-state index contributed by atoms with van der Waals surface area (Å²) in [5.74, 6) is 2.00. The maximum atomic E-state index is 12.5. The van der Waals surface area contributed by atoms with E-state index in [9.17, 15) is 4.79 Å². The van der Waals surface area contributed by atoms with Gasteiger partial charge in [-0.1, -0.05) is 18.2 Å². The first kappa shape index (κ1) is 17.1. The van der Waals surface area contributed by atoms with Gasteiger partial charge in [0.1, 0.15) is 5.75 Å². The Morgan fingerprint density at radius 1 is 1.12 bits per heavy atom. The van der Waals surface area contributed by atoms with Crippen LogP contribution in [0.3, 0.4) is 0 Å². The lowest BCUT2D eigenvalue weighted by Gasteiger charge is -2.21. The van der Waals surface area contributed by atoms with Crippen LogP contribution in [0.4, 0.5) is 5.69 Å². The number of anilines is 1. The number of para-hydroxylation sites is 1. The van der Waals surface area contributed by atoms with Gasteiger partial charge in [-0.15, -0.1) is 0 Å². The highest BCUT2D eigenvalue weighted by molar-refractivity contribution is 5.94. The number of carbonyl (C=O) groups excluding carboxylic acids is 1. The van der Waals surface area contributed by atoms with Gasteiger partial charge in [-0.25, -0.2) is 0 Å². The summed E-state index contributed by atoms with van der Waals surface area (Å²) >= 11 is 0. The van der Waals surface area contributed by atoms with Crippen molar-refractivity contribution in [3.8, 4) is 17.2 Å². The van der Waals surface area contributed by atoms with Crippen LogP contribution in [0, 0.1) is 0 Å². The number of methoxy groups -OCH3 is 1. The second-order valence-corrected chi connectivity index (χ2v) is 5.91. The second kappa shape index (κ2) is 7.44. The third-order valence-electron chi connectivity index (χ3n) is 4.14. The molecule has 0 aliphatic carbocycles. The molecular formula is C19H22N2O4. The van der Waals surface area contributed by atoms with Gasteiger partial charge in [-0.2, -0.15) is 0 Å². The van der Waals surface area contributed by atoms with Crippen LogP contribution in [0.15, 0.2) is 42.5 Å². The first-order chi connectivity index (χ1) is 12.1. The van der Waals surface area contributed by atoms with Crippen LogP contribution >= 0.6 is 0 Å². The summed E-state index contributed by atoms with van der Waals surface area (Å²) in [6, 6.07) is 12.7. The number of amides is 1. The Labute approximate surface area is 147 Å². The topological polar surface area (TPSA) is 68.8 Å². The van der Waals surface area contributed by atoms with E-state index in [1.165, 1.54) is 0 Å². The summed E-state index contributed by atoms with van der Waals surface area (Å²) in [5, 5.41) is 6.18. The molecule has 2 atom stereocenters. The average molecular weight is 342 g/mol. The van der Waals surface area contributed by atoms with Crippen molar-refractivity contribution in [2.24, 2.45) is 0 Å². The van der Waals surface area contributed by atoms with Gasteiger partial charge in [0.2, 0.25) is 12.7 Å². The maximum absolute atomic E-state index is 12.5. The van der Waals surface area contributed by atoms with E-state index in [0.29, 0.717) is 17.2 Å². The summed E-state index contributed by atoms with van der Waals surface area (Å²) < 4.78 is 16.0. The van der Waals surface area contributed by atoms with E-state index in [2.05, 4.69) is 10.6 Å². The molecule has 1 heterocycles. The molecule has 2 aromatic carbocycles. The van der Waals surface area contributed by atoms with E-state index in [1.807, 2.05) is 38.1 Å². The SMILES string of the molecule is COc1ccccc1[C@H](C)N[C@@H](C)C(=O)Nc1ccc2c(c1)OCO2. The monoisotopic (exact) mass is 342 g/mol. The van der Waals surface area contributed by atoms with E-state index >= 15 is 0 Å². The zero-order valence-corrected chi connectivity index (χ0v) is 14.5. The van der Waals surface area contributed by atoms with Crippen LogP contribution in [-0.2, 0) is 4.79 Å². The lowest BCUT2D eigenvalue weighted by Crippen LogP contribution is -2.39. The molecule has 2 aromatic rings. The smallest absolute Gasteiger partial charge is 0.241 e. The molecule has 132 valence electrons. The molecule has 0 saturated carbocycles. The highest BCUT2D eigenvalue weighted by Gasteiger charge is 2.20. The van der Waals surface area contributed by atoms with Gasteiger partial charge in [0, 0.05) is 23.4 Å². The van der Waals surface area contributed by atoms with Crippen LogP contribution in [0.5, 0.6) is 17.2 Å². The van der Waals surface area contributed by atoms with Crippen molar-refractivity contribution >= 4 is 11.6 Å². The molecule has 0 aromatic heterocycles. The molecule has 3 rings (SSSR count). The van der Waals surface area contributed by atoms with Gasteiger partial charge in [0.05, 0.1) is 13.2 Å². The first-order valence-corrected chi connectivity index (χ1v) is 8.18. The van der Waals surface area contributed by atoms with E-state index in [1.54, 1.807) is 25.3 Å². The molecule has 25 heavy (non-hydrogen) atoms. The number of hydrogen-bond donors (Lipinski definition) is 2. The molecule has 6 heteroatoms. The Balaban J connectivity index is 1.62. The molecule has 0 spiro atoms. The minimum Gasteiger partial charge on any atom is -0.496 e. The number of fused-ring (bicyclic) bond motifs is 1. The summed E-state index contributed by atoms with van der Waals surface area (Å²) in [4.78, 5) is 12.5. The van der Waals surface area contributed by atoms with Gasteiger partial charge < -0.3 is 19.5 Å². The zero-order valence-electron chi connectivity index (χ0n) is 14.5. The normalized spacial score (nSPS) is 14.7. The summed E-state index contributed by atoms with van der Waals surface area (Å²) in [7, 11) is 1.64. The fourth-order valence-corrected chi connectivity index (χ4v) is 2.79. The van der Waals surface area contributed by atoms with Crippen molar-refractivity contribution in [1.82, 2.24) is 5.32 Å². The molecule has 0 radical (unpaired) electrons. The van der Waals surface area contributed by atoms with Crippen molar-refractivity contribution in [2.75, 3.05) is 19.2 Å². The zero-order chi connectivity index (χ0) is 17.8. The van der Waals surface area contributed by atoms with Crippen molar-refractivity contribution in [3.05, 3.63) is 48.0 Å². The molecule has 0 fully saturated rings. The Bertz CT molecular complexity index is 763. The second-order valence-electron chi connectivity index (χ2n) is 5.91. The Hall–Kier alpha value is -2.73. The highest BCUT2D eigenvalue weighted by Crippen LogP contribution is 2.34. The Morgan fingerprint density at radius 3 is 2.68 bits per heavy atom. The van der Waals surface area contributed by atoms with Crippen molar-refractivity contribution < 1.29 is 19.0 Å². The van der Waals surface area contributed by atoms with Gasteiger partial charge in [0.25, 0.3) is 0 Å². The van der Waals surface area contributed by atoms with Crippen molar-refractivity contribution in [2.45, 2.75) is 25.9 Å². The van der Waals surface area contributed by atoms with Crippen LogP contribution in [-0.4, -0.2) is 25.9 Å². The summed E-state index contributed by atoms with van der Waals surface area (Å²) in [6.45, 7) is 4.04. The highest BCUT2D eigenvalue weighted by atomic mass is 16.7. The number of hydrogen-bond acceptors (Lipinski definition) is 5. The lowest BCUT2D eigenvalue weighted by atomic mass is 10.1. The predicted molar refractivity (Wildman–Crippen MR) is 95.2 cm³/mol.